The molecule has 0 aliphatic carbocycles. The zero-order valence-corrected chi connectivity index (χ0v) is 21.2. The number of hydrogen-bond donors (Lipinski definition) is 2. The van der Waals surface area contributed by atoms with Crippen LogP contribution in [0.25, 0.3) is 0 Å². The van der Waals surface area contributed by atoms with E-state index in [4.69, 9.17) is 0 Å². The van der Waals surface area contributed by atoms with E-state index in [1.807, 2.05) is 6.92 Å². The van der Waals surface area contributed by atoms with E-state index in [2.05, 4.69) is 47.0 Å². The minimum Gasteiger partial charge on any atom is -0.325 e. The number of likely N-dealkylation sites (tertiary alicyclic amines) is 1. The van der Waals surface area contributed by atoms with Gasteiger partial charge in [0.1, 0.15) is 0 Å². The molecule has 0 spiro atoms. The van der Waals surface area contributed by atoms with E-state index in [0.717, 1.165) is 37.4 Å². The van der Waals surface area contributed by atoms with Gasteiger partial charge in [0.05, 0.1) is 10.6 Å². The van der Waals surface area contributed by atoms with Crippen LogP contribution in [-0.4, -0.2) is 44.6 Å². The summed E-state index contributed by atoms with van der Waals surface area (Å²) in [6.07, 6.45) is 1.95. The Labute approximate surface area is 201 Å². The summed E-state index contributed by atoms with van der Waals surface area (Å²) in [5.74, 6) is 0.829. The monoisotopic (exact) mass is 487 g/mol. The lowest BCUT2D eigenvalue weighted by atomic mass is 9.96. The molecule has 2 aliphatic heterocycles. The van der Waals surface area contributed by atoms with Gasteiger partial charge in [-0.05, 0) is 75.0 Å². The second kappa shape index (κ2) is 10.2. The molecule has 33 heavy (non-hydrogen) atoms. The molecule has 2 aromatic rings. The maximum Gasteiger partial charge on any atom is 0.240 e. The Bertz CT molecular complexity index is 1130. The van der Waals surface area contributed by atoms with Crippen molar-refractivity contribution in [2.75, 3.05) is 30.7 Å². The second-order valence-corrected chi connectivity index (χ2v) is 12.2. The molecule has 4 rings (SSSR count). The number of nitrogens with zero attached hydrogens (tertiary/aromatic N) is 1. The molecule has 2 aromatic carbocycles. The smallest absolute Gasteiger partial charge is 0.240 e. The predicted molar refractivity (Wildman–Crippen MR) is 134 cm³/mol. The lowest BCUT2D eigenvalue weighted by molar-refractivity contribution is -0.118. The molecule has 2 aliphatic rings. The Morgan fingerprint density at radius 1 is 1.12 bits per heavy atom. The Morgan fingerprint density at radius 2 is 1.88 bits per heavy atom. The van der Waals surface area contributed by atoms with Gasteiger partial charge in [0.15, 0.2) is 0 Å². The molecule has 8 heteroatoms. The van der Waals surface area contributed by atoms with E-state index in [0.29, 0.717) is 23.9 Å². The molecule has 1 fully saturated rings. The van der Waals surface area contributed by atoms with Crippen molar-refractivity contribution in [1.29, 1.82) is 0 Å². The van der Waals surface area contributed by atoms with E-state index in [9.17, 15) is 13.2 Å². The number of benzene rings is 2. The molecule has 0 radical (unpaired) electrons. The highest BCUT2D eigenvalue weighted by molar-refractivity contribution is 7.99. The van der Waals surface area contributed by atoms with Crippen LogP contribution in [0.1, 0.15) is 36.5 Å². The summed E-state index contributed by atoms with van der Waals surface area (Å²) in [7, 11) is -3.63. The largest absolute Gasteiger partial charge is 0.325 e. The zero-order chi connectivity index (χ0) is 23.6. The van der Waals surface area contributed by atoms with Gasteiger partial charge in [-0.3, -0.25) is 9.69 Å². The fourth-order valence-electron chi connectivity index (χ4n) is 4.32. The average Bonchev–Trinajstić information content (AvgIpc) is 2.93. The molecule has 0 bridgehead atoms. The number of anilines is 1. The Balaban J connectivity index is 1.32. The van der Waals surface area contributed by atoms with Crippen molar-refractivity contribution in [2.24, 2.45) is 11.8 Å². The third-order valence-corrected chi connectivity index (χ3v) is 9.38. The van der Waals surface area contributed by atoms with Gasteiger partial charge in [0.2, 0.25) is 15.9 Å². The second-order valence-electron chi connectivity index (χ2n) is 9.36. The van der Waals surface area contributed by atoms with Crippen molar-refractivity contribution in [2.45, 2.75) is 49.9 Å². The number of piperidine rings is 1. The van der Waals surface area contributed by atoms with E-state index < -0.39 is 10.0 Å². The number of aryl methyl sites for hydroxylation is 2. The number of nitrogens with one attached hydrogen (secondary N) is 2. The van der Waals surface area contributed by atoms with Crippen molar-refractivity contribution in [3.63, 3.8) is 0 Å². The fourth-order valence-corrected chi connectivity index (χ4v) is 6.47. The summed E-state index contributed by atoms with van der Waals surface area (Å²) in [5.41, 5.74) is 4.56. The van der Waals surface area contributed by atoms with Crippen molar-refractivity contribution < 1.29 is 13.2 Å². The Morgan fingerprint density at radius 3 is 2.64 bits per heavy atom. The van der Waals surface area contributed by atoms with E-state index in [1.165, 1.54) is 16.7 Å². The summed E-state index contributed by atoms with van der Waals surface area (Å²) in [5, 5.41) is 2.86. The lowest BCUT2D eigenvalue weighted by Crippen LogP contribution is -2.38. The molecule has 1 atom stereocenters. The molecule has 1 saturated heterocycles. The van der Waals surface area contributed by atoms with Crippen molar-refractivity contribution in [1.82, 2.24) is 9.62 Å². The number of carbonyl (C=O) groups is 1. The first-order valence-electron chi connectivity index (χ1n) is 11.6. The maximum atomic E-state index is 12.9. The fraction of sp³-hybridized carbons (Fsp3) is 0.480. The number of amides is 1. The topological polar surface area (TPSA) is 78.5 Å². The number of sulfonamides is 1. The van der Waals surface area contributed by atoms with Crippen LogP contribution in [0.3, 0.4) is 0 Å². The minimum absolute atomic E-state index is 0.0728. The van der Waals surface area contributed by atoms with Crippen LogP contribution < -0.4 is 10.0 Å². The molecule has 0 unspecified atom stereocenters. The summed E-state index contributed by atoms with van der Waals surface area (Å²) in [6, 6.07) is 11.6. The van der Waals surface area contributed by atoms with Crippen LogP contribution in [0.5, 0.6) is 0 Å². The minimum atomic E-state index is -3.63. The van der Waals surface area contributed by atoms with Crippen LogP contribution in [0.4, 0.5) is 5.69 Å². The first kappa shape index (κ1) is 24.3. The van der Waals surface area contributed by atoms with Gasteiger partial charge in [-0.1, -0.05) is 30.7 Å². The number of rotatable bonds is 6. The molecule has 2 heterocycles. The molecular formula is C25H33N3O3S2. The molecule has 1 amide bonds. The highest BCUT2D eigenvalue weighted by Crippen LogP contribution is 2.34. The third-order valence-electron chi connectivity index (χ3n) is 6.62. The Kier molecular flexibility index (Phi) is 7.48. The first-order valence-corrected chi connectivity index (χ1v) is 14.0. The number of fused-ring (bicyclic) bond motifs is 1. The van der Waals surface area contributed by atoms with Gasteiger partial charge in [-0.25, -0.2) is 13.1 Å². The highest BCUT2D eigenvalue weighted by atomic mass is 32.2. The quantitative estimate of drug-likeness (QED) is 0.639. The highest BCUT2D eigenvalue weighted by Gasteiger charge is 2.25. The van der Waals surface area contributed by atoms with Gasteiger partial charge in [0.25, 0.3) is 0 Å². The van der Waals surface area contributed by atoms with E-state index in [1.54, 1.807) is 30.0 Å². The average molecular weight is 488 g/mol. The molecule has 6 nitrogen and oxygen atoms in total. The number of thioether (sulfide) groups is 1. The molecule has 0 aromatic heterocycles. The van der Waals surface area contributed by atoms with Crippen molar-refractivity contribution >= 4 is 33.4 Å². The van der Waals surface area contributed by atoms with E-state index in [-0.39, 0.29) is 16.7 Å². The first-order chi connectivity index (χ1) is 15.7. The SMILES string of the molecule is Cc1ccc(C)c(CN2CCC(CNS(=O)(=O)c3ccc4c(c3)NC(=O)[C@@H](C)CS4)CC2)c1. The summed E-state index contributed by atoms with van der Waals surface area (Å²) >= 11 is 1.58. The number of hydrogen-bond acceptors (Lipinski definition) is 5. The van der Waals surface area contributed by atoms with Crippen LogP contribution in [0.15, 0.2) is 46.2 Å². The van der Waals surface area contributed by atoms with Gasteiger partial charge in [-0.15, -0.1) is 11.8 Å². The third kappa shape index (κ3) is 5.98. The van der Waals surface area contributed by atoms with Crippen LogP contribution in [0.2, 0.25) is 0 Å². The van der Waals surface area contributed by atoms with Gasteiger partial charge >= 0.3 is 0 Å². The normalized spacial score (nSPS) is 20.2. The summed E-state index contributed by atoms with van der Waals surface area (Å²) in [4.78, 5) is 15.7. The van der Waals surface area contributed by atoms with Gasteiger partial charge in [0, 0.05) is 29.7 Å². The molecular weight excluding hydrogens is 454 g/mol. The lowest BCUT2D eigenvalue weighted by Gasteiger charge is -2.32. The molecule has 178 valence electrons. The number of carbonyl (C=O) groups excluding carboxylic acids is 1. The van der Waals surface area contributed by atoms with E-state index >= 15 is 0 Å². The van der Waals surface area contributed by atoms with Crippen LogP contribution in [0, 0.1) is 25.7 Å². The van der Waals surface area contributed by atoms with Crippen LogP contribution in [-0.2, 0) is 21.4 Å². The van der Waals surface area contributed by atoms with Crippen LogP contribution >= 0.6 is 11.8 Å². The van der Waals surface area contributed by atoms with Crippen molar-refractivity contribution in [3.05, 3.63) is 53.1 Å². The van der Waals surface area contributed by atoms with Gasteiger partial charge in [-0.2, -0.15) is 0 Å². The molecule has 0 saturated carbocycles. The van der Waals surface area contributed by atoms with Gasteiger partial charge < -0.3 is 5.32 Å². The Hall–Kier alpha value is -1.87. The zero-order valence-electron chi connectivity index (χ0n) is 19.6. The predicted octanol–water partition coefficient (Wildman–Crippen LogP) is 4.17. The van der Waals surface area contributed by atoms with Crippen molar-refractivity contribution in [3.8, 4) is 0 Å². The standard InChI is InChI=1S/C25H33N3O3S2/c1-17-4-5-18(2)21(12-17)15-28-10-8-20(9-11-28)14-26-33(30,31)22-6-7-24-23(13-22)27-25(29)19(3)16-32-24/h4-7,12-13,19-20,26H,8-11,14-16H2,1-3H3,(H,27,29)/t19-/m0/s1. The maximum absolute atomic E-state index is 12.9. The summed E-state index contributed by atoms with van der Waals surface area (Å²) < 4.78 is 28.7. The summed E-state index contributed by atoms with van der Waals surface area (Å²) in [6.45, 7) is 9.49. The molecule has 2 N–H and O–H groups in total.